The first kappa shape index (κ1) is 18.4. The fourth-order valence-corrected chi connectivity index (χ4v) is 5.01. The van der Waals surface area contributed by atoms with Crippen LogP contribution >= 0.6 is 22.7 Å². The molecule has 0 saturated heterocycles. The van der Waals surface area contributed by atoms with Gasteiger partial charge in [0.15, 0.2) is 5.76 Å². The van der Waals surface area contributed by atoms with Gasteiger partial charge in [-0.15, -0.1) is 22.7 Å². The van der Waals surface area contributed by atoms with E-state index in [4.69, 9.17) is 4.52 Å². The lowest BCUT2D eigenvalue weighted by atomic mass is 10.1. The van der Waals surface area contributed by atoms with Crippen molar-refractivity contribution >= 4 is 22.7 Å². The third kappa shape index (κ3) is 5.05. The normalized spacial score (nSPS) is 11.3. The molecule has 0 aliphatic rings. The molecular weight excluding hydrogens is 346 g/mol. The zero-order valence-corrected chi connectivity index (χ0v) is 16.8. The van der Waals surface area contributed by atoms with Crippen molar-refractivity contribution in [2.45, 2.75) is 65.2 Å². The van der Waals surface area contributed by atoms with Crippen molar-refractivity contribution in [1.82, 2.24) is 5.16 Å². The van der Waals surface area contributed by atoms with E-state index in [9.17, 15) is 0 Å². The second-order valence-corrected chi connectivity index (χ2v) is 8.86. The minimum absolute atomic E-state index is 0.886. The summed E-state index contributed by atoms with van der Waals surface area (Å²) in [6, 6.07) is 10.9. The van der Waals surface area contributed by atoms with Crippen molar-refractivity contribution in [3.05, 3.63) is 40.1 Å². The van der Waals surface area contributed by atoms with Gasteiger partial charge in [-0.05, 0) is 43.5 Å². The van der Waals surface area contributed by atoms with Crippen LogP contribution < -0.4 is 0 Å². The minimum atomic E-state index is 0.886. The van der Waals surface area contributed by atoms with Crippen LogP contribution in [0.15, 0.2) is 34.9 Å². The molecule has 0 unspecified atom stereocenters. The number of thiophene rings is 2. The van der Waals surface area contributed by atoms with E-state index in [0.29, 0.717) is 0 Å². The summed E-state index contributed by atoms with van der Waals surface area (Å²) in [4.78, 5) is 5.26. The van der Waals surface area contributed by atoms with Crippen molar-refractivity contribution < 1.29 is 4.52 Å². The quantitative estimate of drug-likeness (QED) is 0.342. The van der Waals surface area contributed by atoms with Crippen LogP contribution in [0.3, 0.4) is 0 Å². The topological polar surface area (TPSA) is 26.0 Å². The molecule has 0 saturated carbocycles. The molecule has 0 amide bonds. The number of rotatable bonds is 10. The predicted molar refractivity (Wildman–Crippen MR) is 110 cm³/mol. The third-order valence-corrected chi connectivity index (χ3v) is 6.68. The molecule has 4 heteroatoms. The molecule has 3 heterocycles. The Labute approximate surface area is 158 Å². The molecule has 0 radical (unpaired) electrons. The summed E-state index contributed by atoms with van der Waals surface area (Å²) in [5.74, 6) is 0.886. The van der Waals surface area contributed by atoms with E-state index in [1.807, 2.05) is 22.7 Å². The molecule has 3 rings (SSSR count). The molecule has 0 spiro atoms. The van der Waals surface area contributed by atoms with Gasteiger partial charge in [0.1, 0.15) is 5.69 Å². The lowest BCUT2D eigenvalue weighted by Gasteiger charge is -1.97. The Morgan fingerprint density at radius 2 is 1.52 bits per heavy atom. The summed E-state index contributed by atoms with van der Waals surface area (Å²) >= 11 is 3.66. The van der Waals surface area contributed by atoms with Gasteiger partial charge < -0.3 is 4.52 Å². The Morgan fingerprint density at radius 1 is 0.800 bits per heavy atom. The minimum Gasteiger partial charge on any atom is -0.355 e. The van der Waals surface area contributed by atoms with Crippen LogP contribution in [-0.4, -0.2) is 5.16 Å². The smallest absolute Gasteiger partial charge is 0.177 e. The number of unbranched alkanes of at least 4 members (excludes halogenated alkanes) is 4. The summed E-state index contributed by atoms with van der Waals surface area (Å²) < 4.78 is 5.60. The molecule has 0 atom stereocenters. The maximum atomic E-state index is 5.60. The van der Waals surface area contributed by atoms with Gasteiger partial charge in [0, 0.05) is 15.8 Å². The summed E-state index contributed by atoms with van der Waals surface area (Å²) in [7, 11) is 0. The molecular formula is C21H27NOS2. The van der Waals surface area contributed by atoms with Gasteiger partial charge in [-0.3, -0.25) is 0 Å². The SMILES string of the molecule is CCCCCCCc1ccc(-c2cc(-c3ccc(CCC)s3)on2)s1. The standard InChI is InChI=1S/C21H27NOS2/c1-3-5-6-7-8-10-17-11-13-20(24-17)18-15-19(23-22-18)21-14-12-16(25-21)9-4-2/h11-15H,3-10H2,1-2H3. The van der Waals surface area contributed by atoms with Gasteiger partial charge in [0.2, 0.25) is 0 Å². The zero-order chi connectivity index (χ0) is 17.5. The number of aromatic nitrogens is 1. The van der Waals surface area contributed by atoms with E-state index < -0.39 is 0 Å². The first-order valence-electron chi connectivity index (χ1n) is 9.45. The molecule has 3 aromatic rings. The average Bonchev–Trinajstić information content (AvgIpc) is 3.35. The van der Waals surface area contributed by atoms with Crippen molar-refractivity contribution in [1.29, 1.82) is 0 Å². The van der Waals surface area contributed by atoms with Gasteiger partial charge in [-0.1, -0.05) is 51.1 Å². The zero-order valence-electron chi connectivity index (χ0n) is 15.2. The first-order chi connectivity index (χ1) is 12.3. The van der Waals surface area contributed by atoms with Crippen molar-refractivity contribution in [3.63, 3.8) is 0 Å². The Hall–Kier alpha value is -1.39. The highest BCUT2D eigenvalue weighted by Gasteiger charge is 2.12. The van der Waals surface area contributed by atoms with Crippen LogP contribution in [0.25, 0.3) is 21.2 Å². The van der Waals surface area contributed by atoms with Gasteiger partial charge in [-0.2, -0.15) is 0 Å². The molecule has 0 aromatic carbocycles. The third-order valence-electron chi connectivity index (χ3n) is 4.35. The summed E-state index contributed by atoms with van der Waals surface area (Å²) in [6.45, 7) is 4.47. The van der Waals surface area contributed by atoms with E-state index in [2.05, 4.69) is 49.3 Å². The molecule has 25 heavy (non-hydrogen) atoms. The van der Waals surface area contributed by atoms with Gasteiger partial charge >= 0.3 is 0 Å². The van der Waals surface area contributed by atoms with Crippen LogP contribution in [0, 0.1) is 0 Å². The largest absolute Gasteiger partial charge is 0.355 e. The van der Waals surface area contributed by atoms with Crippen LogP contribution in [0.4, 0.5) is 0 Å². The molecule has 0 fully saturated rings. The summed E-state index contributed by atoms with van der Waals surface area (Å²) in [5.41, 5.74) is 0.961. The van der Waals surface area contributed by atoms with Crippen molar-refractivity contribution in [2.24, 2.45) is 0 Å². The first-order valence-corrected chi connectivity index (χ1v) is 11.1. The van der Waals surface area contributed by atoms with E-state index in [1.54, 1.807) is 0 Å². The molecule has 0 bridgehead atoms. The van der Waals surface area contributed by atoms with Crippen LogP contribution in [0.2, 0.25) is 0 Å². The van der Waals surface area contributed by atoms with Crippen LogP contribution in [0.5, 0.6) is 0 Å². The number of aryl methyl sites for hydroxylation is 2. The second kappa shape index (κ2) is 9.35. The average molecular weight is 374 g/mol. The number of hydrogen-bond acceptors (Lipinski definition) is 4. The van der Waals surface area contributed by atoms with Gasteiger partial charge in [0.25, 0.3) is 0 Å². The molecule has 3 aromatic heterocycles. The monoisotopic (exact) mass is 373 g/mol. The molecule has 0 aliphatic carbocycles. The predicted octanol–water partition coefficient (Wildman–Crippen LogP) is 7.60. The highest BCUT2D eigenvalue weighted by atomic mass is 32.1. The van der Waals surface area contributed by atoms with E-state index in [1.165, 1.54) is 64.5 Å². The number of nitrogens with zero attached hydrogens (tertiary/aromatic N) is 1. The lowest BCUT2D eigenvalue weighted by Crippen LogP contribution is -1.81. The van der Waals surface area contributed by atoms with E-state index >= 15 is 0 Å². The summed E-state index contributed by atoms with van der Waals surface area (Å²) in [6.07, 6.45) is 10.2. The molecule has 134 valence electrons. The molecule has 0 aliphatic heterocycles. The second-order valence-electron chi connectivity index (χ2n) is 6.52. The lowest BCUT2D eigenvalue weighted by molar-refractivity contribution is 0.436. The Morgan fingerprint density at radius 3 is 2.32 bits per heavy atom. The van der Waals surface area contributed by atoms with Crippen molar-refractivity contribution in [3.8, 4) is 21.2 Å². The Kier molecular flexibility index (Phi) is 6.88. The van der Waals surface area contributed by atoms with E-state index in [0.717, 1.165) is 17.9 Å². The maximum Gasteiger partial charge on any atom is 0.177 e. The Balaban J connectivity index is 1.60. The number of hydrogen-bond donors (Lipinski definition) is 0. The van der Waals surface area contributed by atoms with Gasteiger partial charge in [-0.25, -0.2) is 0 Å². The highest BCUT2D eigenvalue weighted by Crippen LogP contribution is 2.34. The Bertz CT molecular complexity index is 768. The van der Waals surface area contributed by atoms with E-state index in [-0.39, 0.29) is 0 Å². The van der Waals surface area contributed by atoms with Crippen LogP contribution in [-0.2, 0) is 12.8 Å². The maximum absolute atomic E-state index is 5.60. The summed E-state index contributed by atoms with van der Waals surface area (Å²) in [5, 5.41) is 4.29. The molecule has 0 N–H and O–H groups in total. The fraction of sp³-hybridized carbons (Fsp3) is 0.476. The fourth-order valence-electron chi connectivity index (χ4n) is 2.95. The van der Waals surface area contributed by atoms with Crippen LogP contribution in [0.1, 0.15) is 62.1 Å². The van der Waals surface area contributed by atoms with Gasteiger partial charge in [0.05, 0.1) is 9.75 Å². The molecule has 2 nitrogen and oxygen atoms in total. The highest BCUT2D eigenvalue weighted by molar-refractivity contribution is 7.15. The van der Waals surface area contributed by atoms with Crippen molar-refractivity contribution in [2.75, 3.05) is 0 Å².